The summed E-state index contributed by atoms with van der Waals surface area (Å²) in [6.45, 7) is 3.38. The molecule has 0 spiro atoms. The number of imidazole rings is 1. The van der Waals surface area contributed by atoms with Crippen LogP contribution in [0.4, 0.5) is 8.78 Å². The van der Waals surface area contributed by atoms with E-state index in [0.717, 1.165) is 17.7 Å². The fourth-order valence-electron chi connectivity index (χ4n) is 2.58. The third kappa shape index (κ3) is 2.56. The quantitative estimate of drug-likeness (QED) is 0.796. The maximum absolute atomic E-state index is 13.6. The molecule has 3 aromatic rings. The van der Waals surface area contributed by atoms with Crippen LogP contribution in [0.25, 0.3) is 22.4 Å². The van der Waals surface area contributed by atoms with Crippen LogP contribution in [0.2, 0.25) is 0 Å². The molecule has 1 unspecified atom stereocenters. The SMILES string of the molecule is Cc1cccc(-c2nc3cc(F)c(F)cc3n2C(C)C(=O)O)c1. The van der Waals surface area contributed by atoms with Crippen LogP contribution in [0.5, 0.6) is 0 Å². The zero-order valence-corrected chi connectivity index (χ0v) is 12.5. The number of halogens is 2. The second kappa shape index (κ2) is 5.46. The molecule has 0 aliphatic rings. The average molecular weight is 316 g/mol. The van der Waals surface area contributed by atoms with Crippen LogP contribution in [-0.2, 0) is 4.79 Å². The van der Waals surface area contributed by atoms with Crippen molar-refractivity contribution in [3.05, 3.63) is 53.6 Å². The molecule has 0 saturated carbocycles. The number of aryl methyl sites for hydroxylation is 1. The summed E-state index contributed by atoms with van der Waals surface area (Å²) in [5.74, 6) is -2.76. The Kier molecular flexibility index (Phi) is 3.60. The molecule has 1 aromatic heterocycles. The van der Waals surface area contributed by atoms with Gasteiger partial charge in [0.05, 0.1) is 11.0 Å². The minimum Gasteiger partial charge on any atom is -0.480 e. The van der Waals surface area contributed by atoms with E-state index in [0.29, 0.717) is 11.4 Å². The van der Waals surface area contributed by atoms with Crippen molar-refractivity contribution in [2.45, 2.75) is 19.9 Å². The lowest BCUT2D eigenvalue weighted by Gasteiger charge is -2.14. The summed E-state index contributed by atoms with van der Waals surface area (Å²) in [5, 5.41) is 9.35. The predicted octanol–water partition coefficient (Wildman–Crippen LogP) is 3.94. The zero-order chi connectivity index (χ0) is 16.7. The molecule has 0 aliphatic carbocycles. The van der Waals surface area contributed by atoms with Gasteiger partial charge in [0.15, 0.2) is 11.6 Å². The first kappa shape index (κ1) is 15.1. The maximum Gasteiger partial charge on any atom is 0.326 e. The normalized spacial score (nSPS) is 12.5. The standard InChI is InChI=1S/C17H14F2N2O2/c1-9-4-3-5-11(6-9)16-20-14-7-12(18)13(19)8-15(14)21(16)10(2)17(22)23/h3-8,10H,1-2H3,(H,22,23). The minimum atomic E-state index is -1.08. The lowest BCUT2D eigenvalue weighted by molar-refractivity contribution is -0.140. The smallest absolute Gasteiger partial charge is 0.326 e. The molecule has 0 aliphatic heterocycles. The van der Waals surface area contributed by atoms with Gasteiger partial charge in [-0.25, -0.2) is 18.6 Å². The Hall–Kier alpha value is -2.76. The molecule has 2 aromatic carbocycles. The van der Waals surface area contributed by atoms with Crippen molar-refractivity contribution in [1.82, 2.24) is 9.55 Å². The highest BCUT2D eigenvalue weighted by atomic mass is 19.2. The first-order valence-electron chi connectivity index (χ1n) is 7.05. The maximum atomic E-state index is 13.6. The van der Waals surface area contributed by atoms with Gasteiger partial charge < -0.3 is 9.67 Å². The molecule has 0 amide bonds. The van der Waals surface area contributed by atoms with Gasteiger partial charge in [-0.05, 0) is 19.9 Å². The summed E-state index contributed by atoms with van der Waals surface area (Å²) in [4.78, 5) is 15.7. The number of benzene rings is 2. The summed E-state index contributed by atoms with van der Waals surface area (Å²) in [5.41, 5.74) is 2.13. The zero-order valence-electron chi connectivity index (χ0n) is 12.5. The molecule has 1 N–H and O–H groups in total. The number of hydrogen-bond donors (Lipinski definition) is 1. The van der Waals surface area contributed by atoms with Gasteiger partial charge in [0.2, 0.25) is 0 Å². The van der Waals surface area contributed by atoms with E-state index in [2.05, 4.69) is 4.98 Å². The van der Waals surface area contributed by atoms with E-state index >= 15 is 0 Å². The molecular formula is C17H14F2N2O2. The largest absolute Gasteiger partial charge is 0.480 e. The number of aliphatic carboxylic acids is 1. The molecule has 1 heterocycles. The number of fused-ring (bicyclic) bond motifs is 1. The van der Waals surface area contributed by atoms with Gasteiger partial charge in [-0.1, -0.05) is 23.8 Å². The van der Waals surface area contributed by atoms with E-state index in [1.807, 2.05) is 25.1 Å². The van der Waals surface area contributed by atoms with Crippen LogP contribution < -0.4 is 0 Å². The fourth-order valence-corrected chi connectivity index (χ4v) is 2.58. The van der Waals surface area contributed by atoms with Crippen LogP contribution in [0.1, 0.15) is 18.5 Å². The Morgan fingerprint density at radius 3 is 2.57 bits per heavy atom. The highest BCUT2D eigenvalue weighted by molar-refractivity contribution is 5.84. The number of hydrogen-bond acceptors (Lipinski definition) is 2. The molecule has 3 rings (SSSR count). The van der Waals surface area contributed by atoms with Crippen LogP contribution in [0, 0.1) is 18.6 Å². The number of aromatic nitrogens is 2. The third-order valence-corrected chi connectivity index (χ3v) is 3.75. The highest BCUT2D eigenvalue weighted by Gasteiger charge is 2.23. The fraction of sp³-hybridized carbons (Fsp3) is 0.176. The number of nitrogens with zero attached hydrogens (tertiary/aromatic N) is 2. The van der Waals surface area contributed by atoms with Crippen molar-refractivity contribution in [1.29, 1.82) is 0 Å². The molecule has 23 heavy (non-hydrogen) atoms. The first-order chi connectivity index (χ1) is 10.9. The highest BCUT2D eigenvalue weighted by Crippen LogP contribution is 2.30. The van der Waals surface area contributed by atoms with Crippen LogP contribution in [-0.4, -0.2) is 20.6 Å². The van der Waals surface area contributed by atoms with Crippen molar-refractivity contribution in [3.8, 4) is 11.4 Å². The Balaban J connectivity index is 2.36. The molecule has 0 radical (unpaired) electrons. The lowest BCUT2D eigenvalue weighted by atomic mass is 10.1. The lowest BCUT2D eigenvalue weighted by Crippen LogP contribution is -2.16. The average Bonchev–Trinajstić information content (AvgIpc) is 2.85. The predicted molar refractivity (Wildman–Crippen MR) is 82.2 cm³/mol. The summed E-state index contributed by atoms with van der Waals surface area (Å²) >= 11 is 0. The topological polar surface area (TPSA) is 55.1 Å². The van der Waals surface area contributed by atoms with Gasteiger partial charge in [0.1, 0.15) is 11.9 Å². The Labute approximate surface area is 131 Å². The summed E-state index contributed by atoms with van der Waals surface area (Å²) in [7, 11) is 0. The second-order valence-electron chi connectivity index (χ2n) is 5.44. The number of carboxylic acid groups (broad SMARTS) is 1. The molecule has 1 atom stereocenters. The van der Waals surface area contributed by atoms with E-state index in [1.54, 1.807) is 6.07 Å². The van der Waals surface area contributed by atoms with Gasteiger partial charge in [-0.3, -0.25) is 0 Å². The molecule has 4 nitrogen and oxygen atoms in total. The minimum absolute atomic E-state index is 0.216. The van der Waals surface area contributed by atoms with Crippen molar-refractivity contribution in [3.63, 3.8) is 0 Å². The summed E-state index contributed by atoms with van der Waals surface area (Å²) < 4.78 is 28.5. The number of rotatable bonds is 3. The molecule has 0 fully saturated rings. The summed E-state index contributed by atoms with van der Waals surface area (Å²) in [6.07, 6.45) is 0. The van der Waals surface area contributed by atoms with Crippen molar-refractivity contribution >= 4 is 17.0 Å². The van der Waals surface area contributed by atoms with Gasteiger partial charge in [0, 0.05) is 17.7 Å². The van der Waals surface area contributed by atoms with Crippen LogP contribution in [0.3, 0.4) is 0 Å². The third-order valence-electron chi connectivity index (χ3n) is 3.75. The van der Waals surface area contributed by atoms with Gasteiger partial charge in [-0.2, -0.15) is 0 Å². The van der Waals surface area contributed by atoms with Gasteiger partial charge in [0.25, 0.3) is 0 Å². The van der Waals surface area contributed by atoms with E-state index in [1.165, 1.54) is 11.5 Å². The number of carbonyl (C=O) groups is 1. The van der Waals surface area contributed by atoms with Crippen molar-refractivity contribution in [2.24, 2.45) is 0 Å². The Bertz CT molecular complexity index is 918. The molecule has 0 bridgehead atoms. The monoisotopic (exact) mass is 316 g/mol. The van der Waals surface area contributed by atoms with Gasteiger partial charge in [-0.15, -0.1) is 0 Å². The van der Waals surface area contributed by atoms with E-state index in [9.17, 15) is 18.7 Å². The molecule has 118 valence electrons. The van der Waals surface area contributed by atoms with E-state index in [-0.39, 0.29) is 11.0 Å². The van der Waals surface area contributed by atoms with Crippen LogP contribution >= 0.6 is 0 Å². The van der Waals surface area contributed by atoms with Crippen molar-refractivity contribution in [2.75, 3.05) is 0 Å². The Morgan fingerprint density at radius 1 is 1.22 bits per heavy atom. The van der Waals surface area contributed by atoms with E-state index < -0.39 is 23.6 Å². The van der Waals surface area contributed by atoms with E-state index in [4.69, 9.17) is 0 Å². The molecule has 6 heteroatoms. The molecular weight excluding hydrogens is 302 g/mol. The molecule has 0 saturated heterocycles. The summed E-state index contributed by atoms with van der Waals surface area (Å²) in [6, 6.07) is 8.34. The van der Waals surface area contributed by atoms with Crippen molar-refractivity contribution < 1.29 is 18.7 Å². The second-order valence-corrected chi connectivity index (χ2v) is 5.44. The Morgan fingerprint density at radius 2 is 1.91 bits per heavy atom. The van der Waals surface area contributed by atoms with Gasteiger partial charge >= 0.3 is 5.97 Å². The first-order valence-corrected chi connectivity index (χ1v) is 7.05. The van der Waals surface area contributed by atoms with Crippen LogP contribution in [0.15, 0.2) is 36.4 Å². The number of carboxylic acids is 1.